The Balaban J connectivity index is 0.00000243. The minimum absolute atomic E-state index is 0. The molecule has 1 heterocycles. The summed E-state index contributed by atoms with van der Waals surface area (Å²) in [6.07, 6.45) is 0.931. The van der Waals surface area contributed by atoms with Crippen LogP contribution in [0.2, 0.25) is 0 Å². The number of ether oxygens (including phenoxy) is 1. The minimum atomic E-state index is -3.72. The lowest BCUT2D eigenvalue weighted by Gasteiger charge is -2.27. The molecule has 1 aliphatic rings. The Kier molecular flexibility index (Phi) is 6.77. The molecule has 0 spiro atoms. The summed E-state index contributed by atoms with van der Waals surface area (Å²) in [5.41, 5.74) is 2.55. The maximum absolute atomic E-state index is 12.6. The fourth-order valence-electron chi connectivity index (χ4n) is 2.96. The summed E-state index contributed by atoms with van der Waals surface area (Å²) in [6, 6.07) is 13.8. The van der Waals surface area contributed by atoms with Gasteiger partial charge in [0.1, 0.15) is 0 Å². The molecule has 0 bridgehead atoms. The molecular weight excluding hydrogens is 376 g/mol. The molecule has 1 aliphatic heterocycles. The van der Waals surface area contributed by atoms with Gasteiger partial charge in [-0.15, -0.1) is 12.4 Å². The number of carbonyl (C=O) groups is 1. The average molecular weight is 397 g/mol. The highest BCUT2D eigenvalue weighted by Crippen LogP contribution is 2.22. The van der Waals surface area contributed by atoms with Crippen molar-refractivity contribution in [1.82, 2.24) is 10.0 Å². The van der Waals surface area contributed by atoms with Crippen molar-refractivity contribution in [2.75, 3.05) is 20.2 Å². The monoisotopic (exact) mass is 396 g/mol. The fraction of sp³-hybridized carbons (Fsp3) is 0.278. The molecule has 0 aliphatic carbocycles. The zero-order valence-corrected chi connectivity index (χ0v) is 15.9. The quantitative estimate of drug-likeness (QED) is 0.756. The molecule has 3 rings (SSSR count). The molecule has 2 aromatic carbocycles. The normalized spacial score (nSPS) is 16.3. The number of hydrogen-bond donors (Lipinski definition) is 2. The topological polar surface area (TPSA) is 84.5 Å². The van der Waals surface area contributed by atoms with Gasteiger partial charge >= 0.3 is 5.97 Å². The third kappa shape index (κ3) is 4.42. The molecule has 2 aromatic rings. The van der Waals surface area contributed by atoms with E-state index in [-0.39, 0.29) is 35.5 Å². The number of halogens is 1. The van der Waals surface area contributed by atoms with E-state index in [2.05, 4.69) is 20.8 Å². The van der Waals surface area contributed by atoms with Gasteiger partial charge in [0.05, 0.1) is 17.6 Å². The van der Waals surface area contributed by atoms with Crippen LogP contribution in [0.4, 0.5) is 0 Å². The van der Waals surface area contributed by atoms with Gasteiger partial charge in [-0.05, 0) is 42.3 Å². The highest BCUT2D eigenvalue weighted by atomic mass is 35.5. The number of sulfonamides is 1. The second kappa shape index (κ2) is 8.64. The molecule has 0 fully saturated rings. The number of benzene rings is 2. The Hall–Kier alpha value is -1.93. The number of carbonyl (C=O) groups excluding carboxylic acids is 1. The van der Waals surface area contributed by atoms with E-state index in [0.29, 0.717) is 0 Å². The van der Waals surface area contributed by atoms with E-state index in [1.807, 2.05) is 18.2 Å². The van der Waals surface area contributed by atoms with Gasteiger partial charge in [0, 0.05) is 12.6 Å². The number of rotatable bonds is 5. The molecule has 0 saturated carbocycles. The molecule has 2 N–H and O–H groups in total. The first-order valence-corrected chi connectivity index (χ1v) is 9.49. The first-order valence-electron chi connectivity index (χ1n) is 8.00. The maximum Gasteiger partial charge on any atom is 0.337 e. The van der Waals surface area contributed by atoms with Gasteiger partial charge in [0.2, 0.25) is 10.0 Å². The molecule has 26 heavy (non-hydrogen) atoms. The lowest BCUT2D eigenvalue weighted by atomic mass is 9.95. The van der Waals surface area contributed by atoms with Crippen LogP contribution in [0, 0.1) is 0 Å². The van der Waals surface area contributed by atoms with E-state index in [1.165, 1.54) is 36.9 Å². The molecule has 6 nitrogen and oxygen atoms in total. The molecule has 140 valence electrons. The van der Waals surface area contributed by atoms with Crippen LogP contribution >= 0.6 is 12.4 Å². The molecule has 1 unspecified atom stereocenters. The highest BCUT2D eigenvalue weighted by Gasteiger charge is 2.22. The number of fused-ring (bicyclic) bond motifs is 1. The van der Waals surface area contributed by atoms with Crippen molar-refractivity contribution in [1.29, 1.82) is 0 Å². The Bertz CT molecular complexity index is 886. The van der Waals surface area contributed by atoms with E-state index >= 15 is 0 Å². The van der Waals surface area contributed by atoms with Crippen LogP contribution in [0.1, 0.15) is 27.5 Å². The number of hydrogen-bond acceptors (Lipinski definition) is 5. The standard InChI is InChI=1S/C18H20N2O4S.ClH/c1-24-18(21)14-6-4-7-15(11-14)25(22,23)20-12-17-16-8-3-2-5-13(16)9-10-19-17;/h2-8,11,17,19-20H,9-10,12H2,1H3;1H. The van der Waals surface area contributed by atoms with Crippen molar-refractivity contribution in [3.63, 3.8) is 0 Å². The Morgan fingerprint density at radius 1 is 1.23 bits per heavy atom. The summed E-state index contributed by atoms with van der Waals surface area (Å²) in [4.78, 5) is 11.6. The van der Waals surface area contributed by atoms with E-state index in [4.69, 9.17) is 0 Å². The van der Waals surface area contributed by atoms with Crippen molar-refractivity contribution >= 4 is 28.4 Å². The van der Waals surface area contributed by atoms with Crippen molar-refractivity contribution in [2.24, 2.45) is 0 Å². The summed E-state index contributed by atoms with van der Waals surface area (Å²) in [5, 5.41) is 3.34. The molecule has 0 radical (unpaired) electrons. The third-order valence-corrected chi connectivity index (χ3v) is 5.68. The average Bonchev–Trinajstić information content (AvgIpc) is 2.66. The second-order valence-corrected chi connectivity index (χ2v) is 7.59. The summed E-state index contributed by atoms with van der Waals surface area (Å²) >= 11 is 0. The molecule has 8 heteroatoms. The lowest BCUT2D eigenvalue weighted by Crippen LogP contribution is -2.38. The van der Waals surface area contributed by atoms with Crippen molar-refractivity contribution in [3.05, 3.63) is 65.2 Å². The van der Waals surface area contributed by atoms with Crippen LogP contribution in [-0.2, 0) is 21.2 Å². The van der Waals surface area contributed by atoms with Gasteiger partial charge < -0.3 is 10.1 Å². The molecular formula is C18H21ClN2O4S. The first-order chi connectivity index (χ1) is 12.0. The smallest absolute Gasteiger partial charge is 0.337 e. The summed E-state index contributed by atoms with van der Waals surface area (Å²) in [6.45, 7) is 1.04. The largest absolute Gasteiger partial charge is 0.465 e. The summed E-state index contributed by atoms with van der Waals surface area (Å²) in [5.74, 6) is -0.570. The number of methoxy groups -OCH3 is 1. The first kappa shape index (κ1) is 20.4. The van der Waals surface area contributed by atoms with Gasteiger partial charge in [-0.3, -0.25) is 0 Å². The van der Waals surface area contributed by atoms with Crippen LogP contribution in [0.3, 0.4) is 0 Å². The predicted octanol–water partition coefficient (Wildman–Crippen LogP) is 2.06. The Labute approximate surface area is 159 Å². The molecule has 0 saturated heterocycles. The second-order valence-electron chi connectivity index (χ2n) is 5.83. The fourth-order valence-corrected chi connectivity index (χ4v) is 4.05. The minimum Gasteiger partial charge on any atom is -0.465 e. The van der Waals surface area contributed by atoms with E-state index in [1.54, 1.807) is 0 Å². The lowest BCUT2D eigenvalue weighted by molar-refractivity contribution is 0.0600. The summed E-state index contributed by atoms with van der Waals surface area (Å²) < 4.78 is 32.4. The zero-order valence-electron chi connectivity index (χ0n) is 14.3. The van der Waals surface area contributed by atoms with E-state index in [9.17, 15) is 13.2 Å². The van der Waals surface area contributed by atoms with Gasteiger partial charge in [-0.25, -0.2) is 17.9 Å². The highest BCUT2D eigenvalue weighted by molar-refractivity contribution is 7.89. The van der Waals surface area contributed by atoms with Gasteiger partial charge in [0.15, 0.2) is 0 Å². The van der Waals surface area contributed by atoms with Crippen LogP contribution in [0.15, 0.2) is 53.4 Å². The van der Waals surface area contributed by atoms with Crippen LogP contribution in [-0.4, -0.2) is 34.6 Å². The van der Waals surface area contributed by atoms with E-state index < -0.39 is 16.0 Å². The van der Waals surface area contributed by atoms with Crippen LogP contribution in [0.25, 0.3) is 0 Å². The molecule has 1 atom stereocenters. The van der Waals surface area contributed by atoms with Crippen LogP contribution in [0.5, 0.6) is 0 Å². The van der Waals surface area contributed by atoms with Gasteiger partial charge in [0.25, 0.3) is 0 Å². The number of nitrogens with one attached hydrogen (secondary N) is 2. The Morgan fingerprint density at radius 2 is 2.00 bits per heavy atom. The third-order valence-electron chi connectivity index (χ3n) is 4.26. The van der Waals surface area contributed by atoms with Gasteiger partial charge in [-0.1, -0.05) is 30.3 Å². The summed E-state index contributed by atoms with van der Waals surface area (Å²) in [7, 11) is -2.47. The van der Waals surface area contributed by atoms with Crippen molar-refractivity contribution < 1.29 is 17.9 Å². The molecule has 0 amide bonds. The number of esters is 1. The predicted molar refractivity (Wildman–Crippen MR) is 101 cm³/mol. The van der Waals surface area contributed by atoms with Gasteiger partial charge in [-0.2, -0.15) is 0 Å². The SMILES string of the molecule is COC(=O)c1cccc(S(=O)(=O)NCC2NCCc3ccccc32)c1.Cl. The van der Waals surface area contributed by atoms with Crippen molar-refractivity contribution in [2.45, 2.75) is 17.4 Å². The van der Waals surface area contributed by atoms with Crippen LogP contribution < -0.4 is 10.0 Å². The maximum atomic E-state index is 12.6. The Morgan fingerprint density at radius 3 is 2.77 bits per heavy atom. The van der Waals surface area contributed by atoms with E-state index in [0.717, 1.165) is 18.5 Å². The zero-order chi connectivity index (χ0) is 17.9. The molecule has 0 aromatic heterocycles. The van der Waals surface area contributed by atoms with Crippen molar-refractivity contribution in [3.8, 4) is 0 Å².